The molecule has 0 fully saturated rings. The van der Waals surface area contributed by atoms with Crippen LogP contribution in [0.15, 0.2) is 0 Å². The molecule has 0 rings (SSSR count). The van der Waals surface area contributed by atoms with Gasteiger partial charge in [-0.3, -0.25) is 0 Å². The van der Waals surface area contributed by atoms with E-state index >= 15 is 0 Å². The van der Waals surface area contributed by atoms with Gasteiger partial charge in [0.1, 0.15) is 0 Å². The molecule has 0 saturated carbocycles. The lowest BCUT2D eigenvalue weighted by Crippen LogP contribution is -2.21. The van der Waals surface area contributed by atoms with Crippen LogP contribution in [-0.4, -0.2) is 17.8 Å². The second-order valence-electron chi connectivity index (χ2n) is 1.95. The Balaban J connectivity index is 3.14. The Morgan fingerprint density at radius 3 is 2.00 bits per heavy atom. The lowest BCUT2D eigenvalue weighted by Gasteiger charge is -2.09. The van der Waals surface area contributed by atoms with E-state index in [-0.39, 0.29) is 12.0 Å². The molecule has 0 amide bonds. The Labute approximate surface area is 44.3 Å². The van der Waals surface area contributed by atoms with Gasteiger partial charge in [-0.05, 0) is 19.4 Å². The average molecular weight is 103 g/mol. The van der Waals surface area contributed by atoms with Gasteiger partial charge in [0, 0.05) is 0 Å². The van der Waals surface area contributed by atoms with Crippen molar-refractivity contribution in [1.82, 2.24) is 0 Å². The van der Waals surface area contributed by atoms with Crippen LogP contribution in [-0.2, 0) is 0 Å². The fourth-order valence-electron chi connectivity index (χ4n) is 0.197. The van der Waals surface area contributed by atoms with E-state index in [2.05, 4.69) is 0 Å². The number of rotatable bonds is 2. The molecule has 44 valence electrons. The predicted molar refractivity (Wildman–Crippen MR) is 29.9 cm³/mol. The summed E-state index contributed by atoms with van der Waals surface area (Å²) in [6, 6.07) is 0. The van der Waals surface area contributed by atoms with Gasteiger partial charge in [0.25, 0.3) is 0 Å². The predicted octanol–water partition coefficient (Wildman–Crippen LogP) is -0.0380. The van der Waals surface area contributed by atoms with Crippen LogP contribution in [0.5, 0.6) is 0 Å². The van der Waals surface area contributed by atoms with Crippen molar-refractivity contribution in [2.75, 3.05) is 6.54 Å². The summed E-state index contributed by atoms with van der Waals surface area (Å²) < 4.78 is 0. The highest BCUT2D eigenvalue weighted by Crippen LogP contribution is 1.96. The van der Waals surface area contributed by atoms with Crippen LogP contribution in [0.3, 0.4) is 0 Å². The molecule has 0 aromatic rings. The van der Waals surface area contributed by atoms with Crippen LogP contribution >= 0.6 is 0 Å². The molecule has 0 aliphatic carbocycles. The minimum Gasteiger partial charge on any atom is -0.393 e. The highest BCUT2D eigenvalue weighted by molar-refractivity contribution is 4.57. The summed E-state index contributed by atoms with van der Waals surface area (Å²) in [5.41, 5.74) is 5.21. The molecule has 0 aliphatic rings. The summed E-state index contributed by atoms with van der Waals surface area (Å²) in [5, 5.41) is 8.74. The first kappa shape index (κ1) is 6.92. The van der Waals surface area contributed by atoms with Gasteiger partial charge < -0.3 is 10.8 Å². The van der Waals surface area contributed by atoms with E-state index in [1.165, 1.54) is 0 Å². The molecule has 0 spiro atoms. The summed E-state index contributed by atoms with van der Waals surface area (Å²) in [4.78, 5) is 0. The molecule has 0 heterocycles. The number of hydrogen-bond acceptors (Lipinski definition) is 2. The monoisotopic (exact) mass is 103 g/mol. The molecule has 0 saturated heterocycles. The number of aliphatic hydroxyl groups excluding tert-OH is 1. The lowest BCUT2D eigenvalue weighted by molar-refractivity contribution is 0.139. The molecule has 2 heteroatoms. The maximum Gasteiger partial charge on any atom is 0.0549 e. The maximum atomic E-state index is 8.74. The van der Waals surface area contributed by atoms with Crippen molar-refractivity contribution < 1.29 is 5.11 Å². The van der Waals surface area contributed by atoms with Gasteiger partial charge in [-0.25, -0.2) is 0 Å². The Kier molecular flexibility index (Phi) is 2.96. The van der Waals surface area contributed by atoms with Gasteiger partial charge in [0.2, 0.25) is 0 Å². The molecule has 7 heavy (non-hydrogen) atoms. The van der Waals surface area contributed by atoms with Crippen molar-refractivity contribution in [3.63, 3.8) is 0 Å². The van der Waals surface area contributed by atoms with Crippen molar-refractivity contribution in [1.29, 1.82) is 0 Å². The molecule has 3 N–H and O–H groups in total. The normalized spacial score (nSPS) is 18.9. The quantitative estimate of drug-likeness (QED) is 0.515. The van der Waals surface area contributed by atoms with Crippen LogP contribution in [0, 0.1) is 5.92 Å². The fourth-order valence-corrected chi connectivity index (χ4v) is 0.197. The van der Waals surface area contributed by atoms with Gasteiger partial charge in [-0.2, -0.15) is 0 Å². The van der Waals surface area contributed by atoms with E-state index in [0.29, 0.717) is 6.54 Å². The van der Waals surface area contributed by atoms with Crippen molar-refractivity contribution in [3.8, 4) is 0 Å². The molecule has 2 nitrogen and oxygen atoms in total. The minimum atomic E-state index is -0.259. The van der Waals surface area contributed by atoms with Gasteiger partial charge in [0.05, 0.1) is 6.10 Å². The molecular formula is C5H13NO. The first-order valence-corrected chi connectivity index (χ1v) is 2.56. The van der Waals surface area contributed by atoms with Crippen molar-refractivity contribution in [3.05, 3.63) is 0 Å². The van der Waals surface area contributed by atoms with Crippen LogP contribution < -0.4 is 5.73 Å². The highest BCUT2D eigenvalue weighted by atomic mass is 16.3. The van der Waals surface area contributed by atoms with Gasteiger partial charge in [-0.1, -0.05) is 6.92 Å². The molecule has 0 aromatic carbocycles. The molecule has 2 atom stereocenters. The average Bonchev–Trinajstić information content (AvgIpc) is 1.65. The summed E-state index contributed by atoms with van der Waals surface area (Å²) in [6.07, 6.45) is -0.259. The van der Waals surface area contributed by atoms with E-state index in [0.717, 1.165) is 0 Å². The molecule has 0 radical (unpaired) electrons. The topological polar surface area (TPSA) is 46.2 Å². The summed E-state index contributed by atoms with van der Waals surface area (Å²) in [5.74, 6) is 0.236. The molecule has 0 bridgehead atoms. The fraction of sp³-hybridized carbons (Fsp3) is 1.00. The standard InChI is InChI=1S/C5H13NO/c1-4(3-6)5(2)7/h4-5,7H,3,6H2,1-2H3/t4-,5+/m1/s1. The summed E-state index contributed by atoms with van der Waals surface area (Å²) >= 11 is 0. The van der Waals surface area contributed by atoms with Crippen LogP contribution in [0.4, 0.5) is 0 Å². The summed E-state index contributed by atoms with van der Waals surface area (Å²) in [6.45, 7) is 4.24. The van der Waals surface area contributed by atoms with Gasteiger partial charge >= 0.3 is 0 Å². The zero-order chi connectivity index (χ0) is 5.86. The van der Waals surface area contributed by atoms with Gasteiger partial charge in [-0.15, -0.1) is 0 Å². The van der Waals surface area contributed by atoms with E-state index < -0.39 is 0 Å². The number of nitrogens with two attached hydrogens (primary N) is 1. The second kappa shape index (κ2) is 2.99. The first-order valence-electron chi connectivity index (χ1n) is 2.56. The third-order valence-electron chi connectivity index (χ3n) is 1.20. The zero-order valence-electron chi connectivity index (χ0n) is 4.89. The van der Waals surface area contributed by atoms with E-state index in [4.69, 9.17) is 10.8 Å². The first-order chi connectivity index (χ1) is 3.18. The lowest BCUT2D eigenvalue weighted by atomic mass is 10.1. The number of hydrogen-bond donors (Lipinski definition) is 2. The Bertz CT molecular complexity index is 45.3. The molecule has 0 unspecified atom stereocenters. The van der Waals surface area contributed by atoms with E-state index in [9.17, 15) is 0 Å². The second-order valence-corrected chi connectivity index (χ2v) is 1.95. The smallest absolute Gasteiger partial charge is 0.0549 e. The van der Waals surface area contributed by atoms with Crippen molar-refractivity contribution >= 4 is 0 Å². The third kappa shape index (κ3) is 2.60. The van der Waals surface area contributed by atoms with Crippen molar-refractivity contribution in [2.45, 2.75) is 20.0 Å². The van der Waals surface area contributed by atoms with E-state index in [1.807, 2.05) is 6.92 Å². The van der Waals surface area contributed by atoms with Crippen LogP contribution in [0.2, 0.25) is 0 Å². The number of aliphatic hydroxyl groups is 1. The Hall–Kier alpha value is -0.0800. The Morgan fingerprint density at radius 2 is 2.00 bits per heavy atom. The van der Waals surface area contributed by atoms with E-state index in [1.54, 1.807) is 6.92 Å². The van der Waals surface area contributed by atoms with Crippen molar-refractivity contribution in [2.24, 2.45) is 11.7 Å². The molecular weight excluding hydrogens is 90.1 g/mol. The zero-order valence-corrected chi connectivity index (χ0v) is 4.89. The largest absolute Gasteiger partial charge is 0.393 e. The van der Waals surface area contributed by atoms with Crippen LogP contribution in [0.1, 0.15) is 13.8 Å². The SMILES string of the molecule is C[C@H](O)[C@H](C)CN. The van der Waals surface area contributed by atoms with Gasteiger partial charge in [0.15, 0.2) is 0 Å². The Morgan fingerprint density at radius 1 is 1.57 bits per heavy atom. The highest BCUT2D eigenvalue weighted by Gasteiger charge is 2.03. The molecule has 0 aliphatic heterocycles. The van der Waals surface area contributed by atoms with Crippen LogP contribution in [0.25, 0.3) is 0 Å². The minimum absolute atomic E-state index is 0.236. The maximum absolute atomic E-state index is 8.74. The molecule has 0 aromatic heterocycles. The summed E-state index contributed by atoms with van der Waals surface area (Å²) in [7, 11) is 0. The third-order valence-corrected chi connectivity index (χ3v) is 1.20.